The zero-order valence-corrected chi connectivity index (χ0v) is 17.1. The molecule has 0 unspecified atom stereocenters. The van der Waals surface area contributed by atoms with Crippen LogP contribution in [0.3, 0.4) is 0 Å². The molecule has 0 aliphatic heterocycles. The summed E-state index contributed by atoms with van der Waals surface area (Å²) in [5, 5.41) is 3.66. The van der Waals surface area contributed by atoms with Crippen molar-refractivity contribution in [1.29, 1.82) is 0 Å². The van der Waals surface area contributed by atoms with Crippen molar-refractivity contribution in [2.75, 3.05) is 0 Å². The minimum Gasteiger partial charge on any atom is -0.346 e. The van der Waals surface area contributed by atoms with Crippen molar-refractivity contribution in [2.24, 2.45) is 5.92 Å². The molecule has 154 valence electrons. The Morgan fingerprint density at radius 1 is 1.13 bits per heavy atom. The number of rotatable bonds is 7. The molecule has 2 aromatic heterocycles. The molecule has 0 aliphatic rings. The second-order valence-electron chi connectivity index (χ2n) is 7.58. The highest BCUT2D eigenvalue weighted by Crippen LogP contribution is 2.24. The van der Waals surface area contributed by atoms with Crippen molar-refractivity contribution in [3.63, 3.8) is 0 Å². The first-order valence-corrected chi connectivity index (χ1v) is 10.2. The largest absolute Gasteiger partial charge is 0.346 e. The van der Waals surface area contributed by atoms with Crippen LogP contribution in [-0.4, -0.2) is 25.4 Å². The number of hydrogen-bond acceptors (Lipinski definition) is 4. The smallest absolute Gasteiger partial charge is 0.261 e. The van der Waals surface area contributed by atoms with Crippen molar-refractivity contribution in [3.05, 3.63) is 71.0 Å². The van der Waals surface area contributed by atoms with E-state index in [2.05, 4.69) is 34.1 Å². The number of aromatic nitrogens is 4. The average molecular weight is 403 g/mol. The molecule has 4 aromatic rings. The van der Waals surface area contributed by atoms with Crippen LogP contribution >= 0.6 is 0 Å². The van der Waals surface area contributed by atoms with E-state index in [0.29, 0.717) is 10.9 Å². The summed E-state index contributed by atoms with van der Waals surface area (Å²) in [6, 6.07) is 14.8. The number of para-hydroxylation sites is 3. The quantitative estimate of drug-likeness (QED) is 0.493. The van der Waals surface area contributed by atoms with Crippen LogP contribution < -0.4 is 10.9 Å². The summed E-state index contributed by atoms with van der Waals surface area (Å²) in [7, 11) is 0. The zero-order chi connectivity index (χ0) is 21.1. The van der Waals surface area contributed by atoms with Crippen molar-refractivity contribution in [2.45, 2.75) is 39.3 Å². The number of amides is 1. The second-order valence-corrected chi connectivity index (χ2v) is 7.58. The summed E-state index contributed by atoms with van der Waals surface area (Å²) in [5.74, 6) is 0.837. The lowest BCUT2D eigenvalue weighted by Crippen LogP contribution is -2.34. The number of hydrogen-bond donors (Lipinski definition) is 2. The van der Waals surface area contributed by atoms with Gasteiger partial charge in [0, 0.05) is 13.0 Å². The van der Waals surface area contributed by atoms with Gasteiger partial charge in [0.05, 0.1) is 34.3 Å². The van der Waals surface area contributed by atoms with Gasteiger partial charge in [-0.1, -0.05) is 44.5 Å². The van der Waals surface area contributed by atoms with Crippen molar-refractivity contribution >= 4 is 27.8 Å². The molecular weight excluding hydrogens is 378 g/mol. The van der Waals surface area contributed by atoms with Crippen LogP contribution in [-0.2, 0) is 11.3 Å². The first-order valence-electron chi connectivity index (χ1n) is 10.2. The Morgan fingerprint density at radius 3 is 2.63 bits per heavy atom. The molecule has 7 nitrogen and oxygen atoms in total. The summed E-state index contributed by atoms with van der Waals surface area (Å²) in [6.45, 7) is 4.46. The van der Waals surface area contributed by atoms with E-state index in [4.69, 9.17) is 0 Å². The summed E-state index contributed by atoms with van der Waals surface area (Å²) < 4.78 is 1.49. The molecule has 0 radical (unpaired) electrons. The number of H-pyrrole nitrogens is 1. The van der Waals surface area contributed by atoms with Crippen molar-refractivity contribution < 1.29 is 4.79 Å². The van der Waals surface area contributed by atoms with E-state index in [1.54, 1.807) is 12.1 Å². The molecule has 2 aromatic carbocycles. The predicted molar refractivity (Wildman–Crippen MR) is 117 cm³/mol. The highest BCUT2D eigenvalue weighted by atomic mass is 16.2. The van der Waals surface area contributed by atoms with Crippen LogP contribution in [0.25, 0.3) is 21.9 Å². The van der Waals surface area contributed by atoms with E-state index in [0.717, 1.165) is 23.3 Å². The number of carbonyl (C=O) groups is 1. The first kappa shape index (κ1) is 19.8. The number of nitrogens with zero attached hydrogens (tertiary/aromatic N) is 3. The Bertz CT molecular complexity index is 1210. The fourth-order valence-electron chi connectivity index (χ4n) is 3.57. The molecule has 0 saturated heterocycles. The van der Waals surface area contributed by atoms with Crippen LogP contribution in [0.4, 0.5) is 0 Å². The highest BCUT2D eigenvalue weighted by Gasteiger charge is 2.23. The maximum atomic E-state index is 12.7. The van der Waals surface area contributed by atoms with Crippen LogP contribution in [0.1, 0.15) is 38.6 Å². The van der Waals surface area contributed by atoms with Gasteiger partial charge in [-0.15, -0.1) is 0 Å². The molecular formula is C23H25N5O2. The Morgan fingerprint density at radius 2 is 1.87 bits per heavy atom. The second kappa shape index (κ2) is 8.49. The van der Waals surface area contributed by atoms with E-state index < -0.39 is 0 Å². The Hall–Kier alpha value is -3.48. The average Bonchev–Trinajstić information content (AvgIpc) is 3.20. The lowest BCUT2D eigenvalue weighted by Gasteiger charge is -2.22. The van der Waals surface area contributed by atoms with Gasteiger partial charge in [0.25, 0.3) is 5.56 Å². The first-order chi connectivity index (χ1) is 14.6. The van der Waals surface area contributed by atoms with Gasteiger partial charge < -0.3 is 10.3 Å². The third kappa shape index (κ3) is 3.96. The van der Waals surface area contributed by atoms with Gasteiger partial charge in [0.1, 0.15) is 5.82 Å². The summed E-state index contributed by atoms with van der Waals surface area (Å²) >= 11 is 0. The molecule has 0 saturated carbocycles. The molecule has 1 amide bonds. The van der Waals surface area contributed by atoms with Crippen molar-refractivity contribution in [3.8, 4) is 0 Å². The van der Waals surface area contributed by atoms with Gasteiger partial charge in [-0.3, -0.25) is 14.2 Å². The number of aromatic amines is 1. The third-order valence-corrected chi connectivity index (χ3v) is 5.54. The molecule has 2 N–H and O–H groups in total. The minimum atomic E-state index is -0.221. The van der Waals surface area contributed by atoms with Gasteiger partial charge in [-0.2, -0.15) is 0 Å². The minimum absolute atomic E-state index is 0.124. The molecule has 0 bridgehead atoms. The number of nitrogens with one attached hydrogen (secondary N) is 2. The molecule has 7 heteroatoms. The van der Waals surface area contributed by atoms with Crippen molar-refractivity contribution in [1.82, 2.24) is 24.8 Å². The summed E-state index contributed by atoms with van der Waals surface area (Å²) in [5.41, 5.74) is 2.35. The Labute approximate surface area is 174 Å². The van der Waals surface area contributed by atoms with E-state index >= 15 is 0 Å². The molecule has 30 heavy (non-hydrogen) atoms. The number of fused-ring (bicyclic) bond motifs is 2. The van der Waals surface area contributed by atoms with Gasteiger partial charge >= 0.3 is 0 Å². The van der Waals surface area contributed by atoms with E-state index in [1.165, 1.54) is 10.9 Å². The molecule has 2 heterocycles. The van der Waals surface area contributed by atoms with Gasteiger partial charge in [0.2, 0.25) is 5.91 Å². The molecule has 0 fully saturated rings. The lowest BCUT2D eigenvalue weighted by molar-refractivity contribution is -0.122. The van der Waals surface area contributed by atoms with Crippen LogP contribution in [0.5, 0.6) is 0 Å². The van der Waals surface area contributed by atoms with Gasteiger partial charge in [0.15, 0.2) is 0 Å². The molecule has 4 rings (SSSR count). The Kier molecular flexibility index (Phi) is 5.61. The molecule has 2 atom stereocenters. The maximum Gasteiger partial charge on any atom is 0.261 e. The fraction of sp³-hybridized carbons (Fsp3) is 0.304. The fourth-order valence-corrected chi connectivity index (χ4v) is 3.57. The number of benzene rings is 2. The molecule has 0 aliphatic carbocycles. The van der Waals surface area contributed by atoms with E-state index in [1.807, 2.05) is 36.4 Å². The van der Waals surface area contributed by atoms with E-state index in [9.17, 15) is 9.59 Å². The predicted octanol–water partition coefficient (Wildman–Crippen LogP) is 3.57. The van der Waals surface area contributed by atoms with Gasteiger partial charge in [-0.05, 0) is 30.2 Å². The third-order valence-electron chi connectivity index (χ3n) is 5.54. The highest BCUT2D eigenvalue weighted by molar-refractivity contribution is 5.78. The van der Waals surface area contributed by atoms with Crippen LogP contribution in [0.2, 0.25) is 0 Å². The summed E-state index contributed by atoms with van der Waals surface area (Å²) in [4.78, 5) is 37.6. The van der Waals surface area contributed by atoms with Gasteiger partial charge in [-0.25, -0.2) is 9.97 Å². The van der Waals surface area contributed by atoms with E-state index in [-0.39, 0.29) is 36.4 Å². The lowest BCUT2D eigenvalue weighted by atomic mass is 9.98. The number of carbonyl (C=O) groups excluding carboxylic acids is 1. The standard InChI is InChI=1S/C23H25N5O2/c1-3-15(2)21(22-25-18-10-6-7-11-19(18)26-22)27-20(29)12-13-28-14-24-17-9-5-4-8-16(17)23(28)30/h4-11,14-15,21H,3,12-13H2,1-2H3,(H,25,26)(H,27,29)/t15-,21+/m1/s1. The molecule has 0 spiro atoms. The Balaban J connectivity index is 1.49. The summed E-state index contributed by atoms with van der Waals surface area (Å²) in [6.07, 6.45) is 2.59. The normalized spacial score (nSPS) is 13.4. The maximum absolute atomic E-state index is 12.7. The number of aryl methyl sites for hydroxylation is 1. The van der Waals surface area contributed by atoms with Crippen LogP contribution in [0.15, 0.2) is 59.7 Å². The zero-order valence-electron chi connectivity index (χ0n) is 17.1. The monoisotopic (exact) mass is 403 g/mol. The topological polar surface area (TPSA) is 92.7 Å². The van der Waals surface area contributed by atoms with Crippen LogP contribution in [0, 0.1) is 5.92 Å². The number of imidazole rings is 1. The SMILES string of the molecule is CC[C@@H](C)[C@H](NC(=O)CCn1cnc2ccccc2c1=O)c1nc2ccccc2[nH]1.